The number of alkyl halides is 3. The van der Waals surface area contributed by atoms with Crippen molar-refractivity contribution in [2.45, 2.75) is 68.4 Å². The molecule has 52 heavy (non-hydrogen) atoms. The minimum absolute atomic E-state index is 0.101. The first-order valence-electron chi connectivity index (χ1n) is 16.8. The lowest BCUT2D eigenvalue weighted by molar-refractivity contribution is -0.187. The molecule has 5 aromatic rings. The fraction of sp³-hybridized carbons (Fsp3) is 0.368. The topological polar surface area (TPSA) is 103 Å². The van der Waals surface area contributed by atoms with Crippen LogP contribution in [0.15, 0.2) is 115 Å². The molecule has 6 rings (SSSR count). The molecule has 1 fully saturated rings. The van der Waals surface area contributed by atoms with Gasteiger partial charge in [0.25, 0.3) is 0 Å². The fourth-order valence-corrected chi connectivity index (χ4v) is 7.45. The Morgan fingerprint density at radius 2 is 1.52 bits per heavy atom. The van der Waals surface area contributed by atoms with E-state index >= 15 is 8.78 Å². The Balaban J connectivity index is 1.57. The highest BCUT2D eigenvalue weighted by Gasteiger charge is 2.70. The second-order valence-corrected chi connectivity index (χ2v) is 19.4. The third kappa shape index (κ3) is 6.71. The zero-order valence-corrected chi connectivity index (χ0v) is 31.6. The van der Waals surface area contributed by atoms with Gasteiger partial charge in [0.05, 0.1) is 19.6 Å². The van der Waals surface area contributed by atoms with E-state index in [0.29, 0.717) is 22.4 Å². The van der Waals surface area contributed by atoms with Crippen molar-refractivity contribution >= 4 is 19.9 Å². The highest BCUT2D eigenvalue weighted by molar-refractivity contribution is 6.74. The molecule has 0 N–H and O–H groups in total. The summed E-state index contributed by atoms with van der Waals surface area (Å²) in [6.07, 6.45) is -0.401. The molecule has 0 bridgehead atoms. The van der Waals surface area contributed by atoms with Crippen LogP contribution in [-0.4, -0.2) is 69.9 Å². The number of nitrogens with zero attached hydrogens (tertiary/aromatic N) is 5. The zero-order valence-electron chi connectivity index (χ0n) is 29.9. The van der Waals surface area contributed by atoms with Crippen molar-refractivity contribution in [2.24, 2.45) is 0 Å². The summed E-state index contributed by atoms with van der Waals surface area (Å²) in [5, 5.41) is 3.73. The van der Waals surface area contributed by atoms with Gasteiger partial charge in [0.1, 0.15) is 29.6 Å². The highest BCUT2D eigenvalue weighted by atomic mass is 35.5. The lowest BCUT2D eigenvalue weighted by Gasteiger charge is -2.44. The van der Waals surface area contributed by atoms with Crippen LogP contribution in [0.4, 0.5) is 8.78 Å². The van der Waals surface area contributed by atoms with E-state index in [1.54, 1.807) is 31.4 Å². The van der Waals surface area contributed by atoms with Gasteiger partial charge in [-0.05, 0) is 53.0 Å². The van der Waals surface area contributed by atoms with Crippen LogP contribution in [0.2, 0.25) is 18.1 Å². The maximum atomic E-state index is 17.7. The summed E-state index contributed by atoms with van der Waals surface area (Å²) in [5.74, 6) is -3.63. The van der Waals surface area contributed by atoms with Crippen LogP contribution in [0, 0.1) is 0 Å². The van der Waals surface area contributed by atoms with Gasteiger partial charge in [0, 0.05) is 6.20 Å². The first kappa shape index (κ1) is 37.5. The number of hydrogen-bond acceptors (Lipinski definition) is 8. The van der Waals surface area contributed by atoms with Crippen LogP contribution in [0.1, 0.15) is 43.7 Å². The number of benzene rings is 3. The van der Waals surface area contributed by atoms with Crippen molar-refractivity contribution in [3.63, 3.8) is 0 Å². The molecule has 0 amide bonds. The van der Waals surface area contributed by atoms with Crippen LogP contribution < -0.4 is 10.4 Å². The normalized spacial score (nSPS) is 20.6. The van der Waals surface area contributed by atoms with Gasteiger partial charge in [-0.3, -0.25) is 4.57 Å². The Kier molecular flexibility index (Phi) is 10.3. The summed E-state index contributed by atoms with van der Waals surface area (Å²) in [6.45, 7) is 9.86. The lowest BCUT2D eigenvalue weighted by atomic mass is 9.79. The number of methoxy groups -OCH3 is 1. The molecule has 3 aromatic carbocycles. The number of aromatic nitrogens is 5. The molecule has 0 aliphatic carbocycles. The fourth-order valence-electron chi connectivity index (χ4n) is 6.13. The Bertz CT molecular complexity index is 1970. The molecule has 3 heterocycles. The standard InChI is InChI=1S/C38H42ClF2N5O5Si/c1-35(2,3)52(5,6)49-24-36(23-39)32(38(40,41)33(51-36)45-22-21-31(44-34(45)47)46-26-42-25-43-46)50-37(27-13-9-7-10-14-27,28-15-11-8-12-16-28)29-17-19-30(48-4)20-18-29/h7-22,25-26,32-33H,23-24H2,1-6H3/t32-,33-,36-/m1/s1. The van der Waals surface area contributed by atoms with Gasteiger partial charge >= 0.3 is 11.6 Å². The molecule has 1 aliphatic heterocycles. The van der Waals surface area contributed by atoms with Crippen LogP contribution in [0.25, 0.3) is 5.82 Å². The average Bonchev–Trinajstić information content (AvgIpc) is 3.75. The van der Waals surface area contributed by atoms with E-state index in [0.717, 1.165) is 4.57 Å². The molecular weight excluding hydrogens is 708 g/mol. The summed E-state index contributed by atoms with van der Waals surface area (Å²) < 4.78 is 62.8. The van der Waals surface area contributed by atoms with Crippen molar-refractivity contribution in [3.8, 4) is 11.6 Å². The predicted molar refractivity (Wildman–Crippen MR) is 196 cm³/mol. The Morgan fingerprint density at radius 1 is 0.923 bits per heavy atom. The first-order chi connectivity index (χ1) is 24.7. The van der Waals surface area contributed by atoms with Gasteiger partial charge in [-0.25, -0.2) is 14.5 Å². The van der Waals surface area contributed by atoms with Crippen LogP contribution in [0.3, 0.4) is 0 Å². The maximum Gasteiger partial charge on any atom is 0.351 e. The van der Waals surface area contributed by atoms with Crippen LogP contribution in [0.5, 0.6) is 5.75 Å². The van der Waals surface area contributed by atoms with E-state index in [4.69, 9.17) is 30.2 Å². The molecule has 0 saturated carbocycles. The summed E-state index contributed by atoms with van der Waals surface area (Å²) in [6, 6.07) is 26.8. The van der Waals surface area contributed by atoms with Crippen LogP contribution >= 0.6 is 11.6 Å². The first-order valence-corrected chi connectivity index (χ1v) is 20.3. The third-order valence-corrected chi connectivity index (χ3v) is 15.0. The summed E-state index contributed by atoms with van der Waals surface area (Å²) >= 11 is 6.78. The second-order valence-electron chi connectivity index (χ2n) is 14.3. The molecule has 0 unspecified atom stereocenters. The van der Waals surface area contributed by atoms with Crippen molar-refractivity contribution in [1.29, 1.82) is 0 Å². The van der Waals surface area contributed by atoms with E-state index in [-0.39, 0.29) is 17.5 Å². The minimum atomic E-state index is -3.87. The Labute approximate surface area is 307 Å². The number of rotatable bonds is 12. The van der Waals surface area contributed by atoms with Crippen LogP contribution in [-0.2, 0) is 19.5 Å². The van der Waals surface area contributed by atoms with Crippen molar-refractivity contribution in [1.82, 2.24) is 24.3 Å². The monoisotopic (exact) mass is 749 g/mol. The quantitative estimate of drug-likeness (QED) is 0.0741. The van der Waals surface area contributed by atoms with Gasteiger partial charge in [-0.1, -0.05) is 93.6 Å². The van der Waals surface area contributed by atoms with E-state index < -0.39 is 49.3 Å². The zero-order chi connectivity index (χ0) is 37.4. The number of hydrogen-bond donors (Lipinski definition) is 0. The summed E-state index contributed by atoms with van der Waals surface area (Å²) in [7, 11) is -1.02. The molecule has 1 aliphatic rings. The van der Waals surface area contributed by atoms with E-state index in [9.17, 15) is 4.79 Å². The lowest BCUT2D eigenvalue weighted by Crippen LogP contribution is -2.57. The minimum Gasteiger partial charge on any atom is -0.497 e. The molecule has 10 nitrogen and oxygen atoms in total. The SMILES string of the molecule is COc1ccc(C(O[C@H]2C(F)(F)[C@H](n3ccc(-n4cncn4)nc3=O)O[C@]2(CCl)CO[Si](C)(C)C(C)(C)C)(c2ccccc2)c2ccccc2)cc1. The molecule has 274 valence electrons. The molecule has 0 spiro atoms. The Morgan fingerprint density at radius 3 is 2.02 bits per heavy atom. The molecule has 3 atom stereocenters. The Hall–Kier alpha value is -4.27. The third-order valence-electron chi connectivity index (χ3n) is 10.1. The van der Waals surface area contributed by atoms with Gasteiger partial charge in [-0.2, -0.15) is 18.9 Å². The smallest absolute Gasteiger partial charge is 0.351 e. The predicted octanol–water partition coefficient (Wildman–Crippen LogP) is 7.37. The van der Waals surface area contributed by atoms with Gasteiger partial charge in [-0.15, -0.1) is 11.6 Å². The van der Waals surface area contributed by atoms with E-state index in [2.05, 4.69) is 35.8 Å². The number of halogens is 3. The van der Waals surface area contributed by atoms with E-state index in [1.165, 1.54) is 29.6 Å². The molecule has 14 heteroatoms. The number of ether oxygens (including phenoxy) is 3. The van der Waals surface area contributed by atoms with Crippen molar-refractivity contribution in [2.75, 3.05) is 19.6 Å². The molecule has 1 saturated heterocycles. The van der Waals surface area contributed by atoms with Gasteiger partial charge < -0.3 is 18.6 Å². The largest absolute Gasteiger partial charge is 0.497 e. The summed E-state index contributed by atoms with van der Waals surface area (Å²) in [4.78, 5) is 21.4. The molecule has 2 aromatic heterocycles. The average molecular weight is 750 g/mol. The molecule has 0 radical (unpaired) electrons. The van der Waals surface area contributed by atoms with Gasteiger partial charge in [0.15, 0.2) is 20.2 Å². The second kappa shape index (κ2) is 14.3. The van der Waals surface area contributed by atoms with Crippen molar-refractivity contribution < 1.29 is 27.4 Å². The summed E-state index contributed by atoms with van der Waals surface area (Å²) in [5.41, 5.74) is -2.85. The maximum absolute atomic E-state index is 17.7. The van der Waals surface area contributed by atoms with Gasteiger partial charge in [0.2, 0.25) is 6.23 Å². The van der Waals surface area contributed by atoms with E-state index in [1.807, 2.05) is 73.8 Å². The van der Waals surface area contributed by atoms with Crippen molar-refractivity contribution in [3.05, 3.63) is 137 Å². The molecular formula is C38H42ClF2N5O5Si. The highest BCUT2D eigenvalue weighted by Crippen LogP contribution is 2.55.